The monoisotopic (exact) mass is 354 g/mol. The van der Waals surface area contributed by atoms with E-state index in [1.807, 2.05) is 0 Å². The largest absolute Gasteiger partial charge is 0.276 e. The normalized spacial score (nSPS) is 10.5. The summed E-state index contributed by atoms with van der Waals surface area (Å²) >= 11 is 0. The molecule has 0 saturated heterocycles. The first kappa shape index (κ1) is 17.2. The zero-order valence-corrected chi connectivity index (χ0v) is 13.4. The molecule has 1 heterocycles. The molecule has 0 saturated carbocycles. The topological polar surface area (TPSA) is 90.2 Å². The maximum atomic E-state index is 14.1. The van der Waals surface area contributed by atoms with Crippen molar-refractivity contribution in [2.45, 2.75) is 6.54 Å². The van der Waals surface area contributed by atoms with E-state index in [0.29, 0.717) is 16.8 Å². The second-order valence-electron chi connectivity index (χ2n) is 5.57. The quantitative estimate of drug-likeness (QED) is 0.397. The molecule has 26 heavy (non-hydrogen) atoms. The van der Waals surface area contributed by atoms with E-state index in [1.54, 1.807) is 47.2 Å². The highest BCUT2D eigenvalue weighted by Crippen LogP contribution is 2.24. The second-order valence-corrected chi connectivity index (χ2v) is 5.57. The molecule has 7 nitrogen and oxygen atoms in total. The fourth-order valence-corrected chi connectivity index (χ4v) is 2.68. The Kier molecular flexibility index (Phi) is 4.66. The van der Waals surface area contributed by atoms with Crippen molar-refractivity contribution in [3.63, 3.8) is 0 Å². The molecule has 0 unspecified atom stereocenters. The van der Waals surface area contributed by atoms with Gasteiger partial charge in [-0.15, -0.1) is 0 Å². The van der Waals surface area contributed by atoms with Gasteiger partial charge in [0.1, 0.15) is 5.82 Å². The number of non-ortho nitro benzene ring substituents is 2. The molecule has 130 valence electrons. The summed E-state index contributed by atoms with van der Waals surface area (Å²) < 4.78 is 15.8. The number of hydrogen-bond acceptors (Lipinski definition) is 4. The van der Waals surface area contributed by atoms with Gasteiger partial charge in [0.25, 0.3) is 11.4 Å². The van der Waals surface area contributed by atoms with Gasteiger partial charge in [0.15, 0.2) is 12.7 Å². The number of nitro benzene ring substituents is 2. The SMILES string of the molecule is O=[N+]([O-])c1cc(C[n+]2ccccc2-c2ccccc2F)cc([N+](=O)[O-])c1. The zero-order chi connectivity index (χ0) is 18.7. The summed E-state index contributed by atoms with van der Waals surface area (Å²) in [5.74, 6) is -0.405. The molecular formula is C18H13FN3O4+. The van der Waals surface area contributed by atoms with E-state index in [1.165, 1.54) is 18.2 Å². The highest BCUT2D eigenvalue weighted by Gasteiger charge is 2.21. The van der Waals surface area contributed by atoms with E-state index in [9.17, 15) is 24.6 Å². The van der Waals surface area contributed by atoms with E-state index in [4.69, 9.17) is 0 Å². The van der Waals surface area contributed by atoms with Crippen LogP contribution in [0.25, 0.3) is 11.3 Å². The van der Waals surface area contributed by atoms with Gasteiger partial charge in [-0.2, -0.15) is 4.57 Å². The molecule has 0 aliphatic rings. The van der Waals surface area contributed by atoms with Gasteiger partial charge in [-0.05, 0) is 18.2 Å². The number of pyridine rings is 1. The summed E-state index contributed by atoms with van der Waals surface area (Å²) in [5.41, 5.74) is 0.573. The van der Waals surface area contributed by atoms with Crippen LogP contribution in [0.15, 0.2) is 66.9 Å². The molecule has 0 bridgehead atoms. The number of hydrogen-bond donors (Lipinski definition) is 0. The van der Waals surface area contributed by atoms with Crippen molar-refractivity contribution < 1.29 is 18.8 Å². The molecule has 8 heteroatoms. The van der Waals surface area contributed by atoms with Crippen molar-refractivity contribution >= 4 is 11.4 Å². The smallest absolute Gasteiger partial charge is 0.258 e. The van der Waals surface area contributed by atoms with Crippen molar-refractivity contribution in [2.75, 3.05) is 0 Å². The Labute approximate surface area is 147 Å². The molecule has 0 aliphatic heterocycles. The van der Waals surface area contributed by atoms with E-state index in [-0.39, 0.29) is 17.9 Å². The van der Waals surface area contributed by atoms with Crippen LogP contribution in [0.3, 0.4) is 0 Å². The number of rotatable bonds is 5. The molecule has 2 aromatic carbocycles. The van der Waals surface area contributed by atoms with E-state index >= 15 is 0 Å². The van der Waals surface area contributed by atoms with E-state index < -0.39 is 15.7 Å². The van der Waals surface area contributed by atoms with Crippen LogP contribution in [-0.2, 0) is 6.54 Å². The molecule has 3 aromatic rings. The van der Waals surface area contributed by atoms with Crippen LogP contribution in [0, 0.1) is 26.0 Å². The summed E-state index contributed by atoms with van der Waals surface area (Å²) in [6.45, 7) is 0.118. The number of aromatic nitrogens is 1. The maximum Gasteiger partial charge on any atom is 0.276 e. The van der Waals surface area contributed by atoms with Gasteiger partial charge in [-0.1, -0.05) is 12.1 Å². The summed E-state index contributed by atoms with van der Waals surface area (Å²) in [4.78, 5) is 20.7. The van der Waals surface area contributed by atoms with Crippen LogP contribution in [0.4, 0.5) is 15.8 Å². The van der Waals surface area contributed by atoms with Crippen molar-refractivity contribution in [2.24, 2.45) is 0 Å². The molecular weight excluding hydrogens is 341 g/mol. The molecule has 0 atom stereocenters. The molecule has 1 aromatic heterocycles. The predicted octanol–water partition coefficient (Wildman–Crippen LogP) is 3.64. The summed E-state index contributed by atoms with van der Waals surface area (Å²) in [6, 6.07) is 14.9. The van der Waals surface area contributed by atoms with Crippen molar-refractivity contribution in [3.05, 3.63) is 98.5 Å². The Hall–Kier alpha value is -3.68. The maximum absolute atomic E-state index is 14.1. The van der Waals surface area contributed by atoms with Gasteiger partial charge in [-0.3, -0.25) is 20.2 Å². The third kappa shape index (κ3) is 3.54. The van der Waals surface area contributed by atoms with Crippen LogP contribution >= 0.6 is 0 Å². The summed E-state index contributed by atoms with van der Waals surface area (Å²) in [5, 5.41) is 22.1. The lowest BCUT2D eigenvalue weighted by atomic mass is 10.1. The first-order valence-corrected chi connectivity index (χ1v) is 7.62. The third-order valence-electron chi connectivity index (χ3n) is 3.83. The Balaban J connectivity index is 2.07. The van der Waals surface area contributed by atoms with Crippen LogP contribution < -0.4 is 4.57 Å². The number of nitro groups is 2. The van der Waals surface area contributed by atoms with E-state index in [0.717, 1.165) is 6.07 Å². The minimum absolute atomic E-state index is 0.118. The van der Waals surface area contributed by atoms with Crippen molar-refractivity contribution in [1.82, 2.24) is 0 Å². The first-order valence-electron chi connectivity index (χ1n) is 7.62. The van der Waals surface area contributed by atoms with Gasteiger partial charge in [-0.25, -0.2) is 4.39 Å². The minimum Gasteiger partial charge on any atom is -0.258 e. The second kappa shape index (κ2) is 7.06. The Morgan fingerprint density at radius 1 is 0.885 bits per heavy atom. The van der Waals surface area contributed by atoms with Gasteiger partial charge >= 0.3 is 0 Å². The molecule has 0 fully saturated rings. The van der Waals surface area contributed by atoms with Crippen molar-refractivity contribution in [3.8, 4) is 11.3 Å². The average Bonchev–Trinajstić information content (AvgIpc) is 2.62. The summed E-state index contributed by atoms with van der Waals surface area (Å²) in [6.07, 6.45) is 1.69. The number of halogens is 1. The Bertz CT molecular complexity index is 975. The standard InChI is InChI=1S/C18H13FN3O4/c19-17-6-2-1-5-16(17)18-7-3-4-8-20(18)12-13-9-14(21(23)24)11-15(10-13)22(25)26/h1-11H,12H2/q+1. The number of nitrogens with zero attached hydrogens (tertiary/aromatic N) is 3. The third-order valence-corrected chi connectivity index (χ3v) is 3.83. The zero-order valence-electron chi connectivity index (χ0n) is 13.4. The van der Waals surface area contributed by atoms with E-state index in [2.05, 4.69) is 0 Å². The Morgan fingerprint density at radius 2 is 1.50 bits per heavy atom. The van der Waals surface area contributed by atoms with Gasteiger partial charge in [0, 0.05) is 29.8 Å². The van der Waals surface area contributed by atoms with Gasteiger partial charge in [0.05, 0.1) is 21.5 Å². The Morgan fingerprint density at radius 3 is 2.12 bits per heavy atom. The lowest BCUT2D eigenvalue weighted by molar-refractivity contribution is -0.677. The number of benzene rings is 2. The lowest BCUT2D eigenvalue weighted by Crippen LogP contribution is -2.36. The minimum atomic E-state index is -0.677. The average molecular weight is 354 g/mol. The highest BCUT2D eigenvalue weighted by molar-refractivity contribution is 5.56. The van der Waals surface area contributed by atoms with Crippen LogP contribution in [0.2, 0.25) is 0 Å². The molecule has 0 spiro atoms. The molecule has 0 amide bonds. The first-order chi connectivity index (χ1) is 12.5. The molecule has 0 aliphatic carbocycles. The van der Waals surface area contributed by atoms with Gasteiger partial charge in [0.2, 0.25) is 5.69 Å². The molecule has 3 rings (SSSR count). The fraction of sp³-hybridized carbons (Fsp3) is 0.0556. The van der Waals surface area contributed by atoms with Crippen LogP contribution in [0.5, 0.6) is 0 Å². The highest BCUT2D eigenvalue weighted by atomic mass is 19.1. The van der Waals surface area contributed by atoms with Crippen LogP contribution in [-0.4, -0.2) is 9.85 Å². The lowest BCUT2D eigenvalue weighted by Gasteiger charge is -2.05. The molecule has 0 N–H and O–H groups in total. The molecule has 0 radical (unpaired) electrons. The fourth-order valence-electron chi connectivity index (χ4n) is 2.68. The predicted molar refractivity (Wildman–Crippen MR) is 90.9 cm³/mol. The van der Waals surface area contributed by atoms with Gasteiger partial charge < -0.3 is 0 Å². The van der Waals surface area contributed by atoms with Crippen LogP contribution in [0.1, 0.15) is 5.56 Å². The summed E-state index contributed by atoms with van der Waals surface area (Å²) in [7, 11) is 0. The van der Waals surface area contributed by atoms with Crippen molar-refractivity contribution in [1.29, 1.82) is 0 Å².